The van der Waals surface area contributed by atoms with Gasteiger partial charge in [0.15, 0.2) is 9.84 Å². The van der Waals surface area contributed by atoms with E-state index >= 15 is 0 Å². The zero-order chi connectivity index (χ0) is 17.3. The van der Waals surface area contributed by atoms with E-state index in [1.54, 1.807) is 17.0 Å². The van der Waals surface area contributed by atoms with Gasteiger partial charge in [0.05, 0.1) is 18.3 Å². The molecule has 0 unspecified atom stereocenters. The topological polar surface area (TPSA) is 83.1 Å². The number of aromatic nitrogens is 2. The van der Waals surface area contributed by atoms with Gasteiger partial charge in [0.25, 0.3) is 0 Å². The number of nitrogens with zero attached hydrogens (tertiary/aromatic N) is 2. The van der Waals surface area contributed by atoms with Crippen LogP contribution in [0.25, 0.3) is 0 Å². The summed E-state index contributed by atoms with van der Waals surface area (Å²) in [5.41, 5.74) is 1.18. The minimum atomic E-state index is -3.36. The van der Waals surface area contributed by atoms with Crippen molar-refractivity contribution in [2.75, 3.05) is 19.3 Å². The van der Waals surface area contributed by atoms with E-state index < -0.39 is 9.84 Å². The van der Waals surface area contributed by atoms with Crippen molar-refractivity contribution in [3.63, 3.8) is 0 Å². The summed E-state index contributed by atoms with van der Waals surface area (Å²) >= 11 is 0. The molecular formula is C16H18FN3O3S. The molecule has 0 aliphatic carbocycles. The van der Waals surface area contributed by atoms with Crippen LogP contribution in [-0.2, 0) is 21.1 Å². The van der Waals surface area contributed by atoms with E-state index in [2.05, 4.69) is 10.2 Å². The lowest BCUT2D eigenvalue weighted by molar-refractivity contribution is -0.129. The number of sulfone groups is 1. The van der Waals surface area contributed by atoms with Crippen LogP contribution in [0.1, 0.15) is 23.6 Å². The lowest BCUT2D eigenvalue weighted by atomic mass is 10.1. The molecule has 2 aromatic rings. The van der Waals surface area contributed by atoms with Crippen LogP contribution in [0.15, 0.2) is 35.4 Å². The molecule has 1 aliphatic rings. The fraction of sp³-hybridized carbons (Fsp3) is 0.375. The summed E-state index contributed by atoms with van der Waals surface area (Å²) < 4.78 is 36.8. The molecule has 8 heteroatoms. The average Bonchev–Trinajstić information content (AvgIpc) is 3.15. The summed E-state index contributed by atoms with van der Waals surface area (Å²) in [5, 5.41) is 6.59. The maximum absolute atomic E-state index is 13.2. The van der Waals surface area contributed by atoms with Crippen molar-refractivity contribution in [1.82, 2.24) is 15.1 Å². The Morgan fingerprint density at radius 3 is 2.96 bits per heavy atom. The smallest absolute Gasteiger partial charge is 0.227 e. The highest BCUT2D eigenvalue weighted by Crippen LogP contribution is 2.30. The third-order valence-electron chi connectivity index (χ3n) is 4.23. The van der Waals surface area contributed by atoms with Crippen LogP contribution in [-0.4, -0.2) is 48.8 Å². The largest absolute Gasteiger partial charge is 0.342 e. The predicted octanol–water partition coefficient (Wildman–Crippen LogP) is 1.51. The van der Waals surface area contributed by atoms with Crippen molar-refractivity contribution in [2.45, 2.75) is 23.7 Å². The first-order valence-corrected chi connectivity index (χ1v) is 9.49. The molecule has 1 aliphatic heterocycles. The number of carbonyl (C=O) groups is 1. The summed E-state index contributed by atoms with van der Waals surface area (Å²) in [6, 6.07) is 5.98. The monoisotopic (exact) mass is 351 g/mol. The molecule has 1 saturated heterocycles. The van der Waals surface area contributed by atoms with Crippen molar-refractivity contribution in [3.05, 3.63) is 47.5 Å². The van der Waals surface area contributed by atoms with Crippen LogP contribution in [0, 0.1) is 5.82 Å². The first kappa shape index (κ1) is 16.6. The zero-order valence-corrected chi connectivity index (χ0v) is 14.0. The maximum atomic E-state index is 13.2. The lowest BCUT2D eigenvalue weighted by Crippen LogP contribution is -2.30. The van der Waals surface area contributed by atoms with Gasteiger partial charge in [-0.25, -0.2) is 12.8 Å². The zero-order valence-electron chi connectivity index (χ0n) is 13.2. The number of hydrogen-bond acceptors (Lipinski definition) is 4. The van der Waals surface area contributed by atoms with Gasteiger partial charge in [0.2, 0.25) is 5.91 Å². The highest BCUT2D eigenvalue weighted by molar-refractivity contribution is 7.90. The SMILES string of the molecule is CS(=O)(=O)c1cn[nH]c1[C@@H]1CCN(C(=O)Cc2cccc(F)c2)C1. The minimum absolute atomic E-state index is 0.0892. The molecular weight excluding hydrogens is 333 g/mol. The third kappa shape index (κ3) is 3.48. The molecule has 6 nitrogen and oxygen atoms in total. The second-order valence-electron chi connectivity index (χ2n) is 6.05. The van der Waals surface area contributed by atoms with Crippen LogP contribution in [0.5, 0.6) is 0 Å². The van der Waals surface area contributed by atoms with E-state index in [0.717, 1.165) is 6.26 Å². The van der Waals surface area contributed by atoms with E-state index in [9.17, 15) is 17.6 Å². The number of hydrogen-bond donors (Lipinski definition) is 1. The molecule has 1 aromatic heterocycles. The first-order valence-electron chi connectivity index (χ1n) is 7.60. The Bertz CT molecular complexity index is 863. The quantitative estimate of drug-likeness (QED) is 0.905. The molecule has 0 radical (unpaired) electrons. The predicted molar refractivity (Wildman–Crippen MR) is 85.7 cm³/mol. The fourth-order valence-electron chi connectivity index (χ4n) is 3.03. The third-order valence-corrected chi connectivity index (χ3v) is 5.35. The van der Waals surface area contributed by atoms with Gasteiger partial charge >= 0.3 is 0 Å². The van der Waals surface area contributed by atoms with Crippen molar-refractivity contribution < 1.29 is 17.6 Å². The van der Waals surface area contributed by atoms with Crippen LogP contribution < -0.4 is 0 Å². The summed E-state index contributed by atoms with van der Waals surface area (Å²) in [4.78, 5) is 14.3. The van der Waals surface area contributed by atoms with Crippen molar-refractivity contribution >= 4 is 15.7 Å². The molecule has 0 saturated carbocycles. The fourth-order valence-corrected chi connectivity index (χ4v) is 3.88. The number of nitrogens with one attached hydrogen (secondary N) is 1. The Morgan fingerprint density at radius 1 is 1.46 bits per heavy atom. The van der Waals surface area contributed by atoms with Crippen molar-refractivity contribution in [3.8, 4) is 0 Å². The Morgan fingerprint density at radius 2 is 2.25 bits per heavy atom. The second-order valence-corrected chi connectivity index (χ2v) is 8.04. The Labute approximate surface area is 139 Å². The highest BCUT2D eigenvalue weighted by atomic mass is 32.2. The number of aromatic amines is 1. The van der Waals surface area contributed by atoms with E-state index in [-0.39, 0.29) is 29.0 Å². The molecule has 1 fully saturated rings. The standard InChI is InChI=1S/C16H18FN3O3S/c1-24(22,23)14-9-18-19-16(14)12-5-6-20(10-12)15(21)8-11-3-2-4-13(17)7-11/h2-4,7,9,12H,5-6,8,10H2,1H3,(H,18,19)/t12-/m1/s1. The maximum Gasteiger partial charge on any atom is 0.227 e. The molecule has 1 amide bonds. The molecule has 2 heterocycles. The van der Waals surface area contributed by atoms with Gasteiger partial charge in [0, 0.05) is 25.3 Å². The summed E-state index contributed by atoms with van der Waals surface area (Å²) in [7, 11) is -3.36. The first-order chi connectivity index (χ1) is 11.3. The number of amides is 1. The van der Waals surface area contributed by atoms with Crippen molar-refractivity contribution in [1.29, 1.82) is 0 Å². The van der Waals surface area contributed by atoms with E-state index in [0.29, 0.717) is 30.8 Å². The summed E-state index contributed by atoms with van der Waals surface area (Å²) in [5.74, 6) is -0.549. The van der Waals surface area contributed by atoms with Gasteiger partial charge < -0.3 is 4.90 Å². The average molecular weight is 351 g/mol. The number of likely N-dealkylation sites (tertiary alicyclic amines) is 1. The van der Waals surface area contributed by atoms with Gasteiger partial charge in [0.1, 0.15) is 10.7 Å². The molecule has 0 bridgehead atoms. The summed E-state index contributed by atoms with van der Waals surface area (Å²) in [6.45, 7) is 0.972. The Hall–Kier alpha value is -2.22. The summed E-state index contributed by atoms with van der Waals surface area (Å²) in [6.07, 6.45) is 3.25. The van der Waals surface area contributed by atoms with E-state index in [1.807, 2.05) is 0 Å². The molecule has 128 valence electrons. The van der Waals surface area contributed by atoms with Crippen LogP contribution in [0.2, 0.25) is 0 Å². The van der Waals surface area contributed by atoms with Crippen LogP contribution in [0.4, 0.5) is 4.39 Å². The van der Waals surface area contributed by atoms with Crippen LogP contribution >= 0.6 is 0 Å². The molecule has 1 atom stereocenters. The number of carbonyl (C=O) groups excluding carboxylic acids is 1. The van der Waals surface area contributed by atoms with Crippen molar-refractivity contribution in [2.24, 2.45) is 0 Å². The number of rotatable bonds is 4. The number of benzene rings is 1. The molecule has 1 aromatic carbocycles. The normalized spacial score (nSPS) is 18.1. The Balaban J connectivity index is 1.69. The lowest BCUT2D eigenvalue weighted by Gasteiger charge is -2.16. The van der Waals surface area contributed by atoms with Gasteiger partial charge in [-0.3, -0.25) is 9.89 Å². The highest BCUT2D eigenvalue weighted by Gasteiger charge is 2.31. The van der Waals surface area contributed by atoms with E-state index in [1.165, 1.54) is 18.3 Å². The second kappa shape index (κ2) is 6.35. The molecule has 3 rings (SSSR count). The molecule has 0 spiro atoms. The van der Waals surface area contributed by atoms with Gasteiger partial charge in [-0.1, -0.05) is 12.1 Å². The molecule has 24 heavy (non-hydrogen) atoms. The van der Waals surface area contributed by atoms with E-state index in [4.69, 9.17) is 0 Å². The molecule has 1 N–H and O–H groups in total. The van der Waals surface area contributed by atoms with Gasteiger partial charge in [-0.05, 0) is 24.1 Å². The van der Waals surface area contributed by atoms with Gasteiger partial charge in [-0.2, -0.15) is 5.10 Å². The number of H-pyrrole nitrogens is 1. The Kier molecular flexibility index (Phi) is 4.40. The number of halogens is 1. The van der Waals surface area contributed by atoms with Gasteiger partial charge in [-0.15, -0.1) is 0 Å². The van der Waals surface area contributed by atoms with Crippen LogP contribution in [0.3, 0.4) is 0 Å². The minimum Gasteiger partial charge on any atom is -0.342 e.